The van der Waals surface area contributed by atoms with Crippen molar-refractivity contribution in [2.24, 2.45) is 5.92 Å². The van der Waals surface area contributed by atoms with Crippen LogP contribution in [0.25, 0.3) is 0 Å². The van der Waals surface area contributed by atoms with Crippen LogP contribution < -0.4 is 4.74 Å². The topological polar surface area (TPSA) is 60.4 Å². The third kappa shape index (κ3) is 3.79. The molecule has 1 fully saturated rings. The Hall–Kier alpha value is -1.43. The lowest BCUT2D eigenvalue weighted by atomic mass is 9.89. The zero-order valence-corrected chi connectivity index (χ0v) is 12.1. The van der Waals surface area contributed by atoms with Crippen molar-refractivity contribution in [2.45, 2.75) is 30.6 Å². The van der Waals surface area contributed by atoms with Crippen LogP contribution in [0.15, 0.2) is 23.1 Å². The van der Waals surface area contributed by atoms with E-state index in [1.807, 2.05) is 0 Å². The minimum Gasteiger partial charge on any atom is -0.490 e. The summed E-state index contributed by atoms with van der Waals surface area (Å²) in [6.45, 7) is 0.350. The number of halogens is 1. The zero-order chi connectivity index (χ0) is 14.8. The van der Waals surface area contributed by atoms with E-state index in [1.54, 1.807) is 0 Å². The lowest BCUT2D eigenvalue weighted by Crippen LogP contribution is -2.20. The van der Waals surface area contributed by atoms with Gasteiger partial charge in [0.15, 0.2) is 21.4 Å². The Morgan fingerprint density at radius 3 is 2.50 bits per heavy atom. The van der Waals surface area contributed by atoms with Gasteiger partial charge in [0.05, 0.1) is 11.5 Å². The predicted molar refractivity (Wildman–Crippen MR) is 72.0 cm³/mol. The van der Waals surface area contributed by atoms with Crippen molar-refractivity contribution in [3.63, 3.8) is 0 Å². The third-order valence-corrected chi connectivity index (χ3v) is 4.58. The number of benzene rings is 1. The van der Waals surface area contributed by atoms with Gasteiger partial charge in [-0.1, -0.05) is 0 Å². The number of ether oxygens (including phenoxy) is 1. The van der Waals surface area contributed by atoms with Crippen molar-refractivity contribution >= 4 is 15.6 Å². The van der Waals surface area contributed by atoms with Crippen molar-refractivity contribution < 1.29 is 22.3 Å². The van der Waals surface area contributed by atoms with Crippen LogP contribution in [0.1, 0.15) is 25.7 Å². The van der Waals surface area contributed by atoms with E-state index in [1.165, 1.54) is 12.1 Å². The van der Waals surface area contributed by atoms with Crippen molar-refractivity contribution in [3.8, 4) is 5.75 Å². The predicted octanol–water partition coefficient (Wildman–Crippen LogP) is 2.37. The molecule has 0 unspecified atom stereocenters. The summed E-state index contributed by atoms with van der Waals surface area (Å²) in [5.74, 6) is -0.110. The molecule has 0 spiro atoms. The van der Waals surface area contributed by atoms with E-state index in [4.69, 9.17) is 4.74 Å². The first-order valence-electron chi connectivity index (χ1n) is 6.50. The highest BCUT2D eigenvalue weighted by molar-refractivity contribution is 7.90. The first-order chi connectivity index (χ1) is 9.36. The van der Waals surface area contributed by atoms with Gasteiger partial charge in [-0.15, -0.1) is 0 Å². The van der Waals surface area contributed by atoms with Gasteiger partial charge >= 0.3 is 0 Å². The van der Waals surface area contributed by atoms with Gasteiger partial charge in [-0.3, -0.25) is 4.79 Å². The smallest absolute Gasteiger partial charge is 0.175 e. The van der Waals surface area contributed by atoms with Gasteiger partial charge in [0.1, 0.15) is 5.78 Å². The number of hydrogen-bond donors (Lipinski definition) is 0. The standard InChI is InChI=1S/C14H17FO4S/c1-20(17,18)12-6-7-14(13(15)8-12)19-9-10-2-4-11(16)5-3-10/h6-8,10H,2-5,9H2,1H3. The maximum atomic E-state index is 13.8. The van der Waals surface area contributed by atoms with Crippen LogP contribution in [0.2, 0.25) is 0 Å². The normalized spacial score (nSPS) is 17.2. The lowest BCUT2D eigenvalue weighted by molar-refractivity contribution is -0.121. The number of hydrogen-bond acceptors (Lipinski definition) is 4. The molecular weight excluding hydrogens is 283 g/mol. The number of carbonyl (C=O) groups excluding carboxylic acids is 1. The van der Waals surface area contributed by atoms with E-state index in [0.29, 0.717) is 19.4 Å². The highest BCUT2D eigenvalue weighted by Crippen LogP contribution is 2.25. The van der Waals surface area contributed by atoms with Crippen LogP contribution in [0.5, 0.6) is 5.75 Å². The van der Waals surface area contributed by atoms with Crippen LogP contribution in [0, 0.1) is 11.7 Å². The summed E-state index contributed by atoms with van der Waals surface area (Å²) in [5, 5.41) is 0. The van der Waals surface area contributed by atoms with Gasteiger partial charge in [0.2, 0.25) is 0 Å². The Labute approximate surface area is 117 Å². The molecule has 110 valence electrons. The van der Waals surface area contributed by atoms with Gasteiger partial charge in [-0.05, 0) is 37.0 Å². The molecule has 0 heterocycles. The van der Waals surface area contributed by atoms with Crippen LogP contribution in [-0.4, -0.2) is 27.1 Å². The Kier molecular flexibility index (Phi) is 4.42. The molecule has 2 rings (SSSR count). The van der Waals surface area contributed by atoms with Gasteiger partial charge < -0.3 is 4.74 Å². The molecule has 0 saturated heterocycles. The molecule has 0 bridgehead atoms. The monoisotopic (exact) mass is 300 g/mol. The summed E-state index contributed by atoms with van der Waals surface area (Å²) < 4.78 is 41.7. The molecular formula is C14H17FO4S. The van der Waals surface area contributed by atoms with Crippen LogP contribution >= 0.6 is 0 Å². The minimum absolute atomic E-state index is 0.0503. The Morgan fingerprint density at radius 1 is 1.30 bits per heavy atom. The molecule has 0 aliphatic heterocycles. The van der Waals surface area contributed by atoms with Gasteiger partial charge in [0.25, 0.3) is 0 Å². The summed E-state index contributed by atoms with van der Waals surface area (Å²) in [6, 6.07) is 3.63. The van der Waals surface area contributed by atoms with Gasteiger partial charge in [-0.25, -0.2) is 12.8 Å². The molecule has 0 atom stereocenters. The van der Waals surface area contributed by atoms with Crippen molar-refractivity contribution in [2.75, 3.05) is 12.9 Å². The molecule has 1 aromatic rings. The van der Waals surface area contributed by atoms with Crippen LogP contribution in [0.4, 0.5) is 4.39 Å². The molecule has 1 aliphatic carbocycles. The largest absolute Gasteiger partial charge is 0.490 e. The van der Waals surface area contributed by atoms with Crippen molar-refractivity contribution in [3.05, 3.63) is 24.0 Å². The second-order valence-corrected chi connectivity index (χ2v) is 7.17. The van der Waals surface area contributed by atoms with Gasteiger partial charge in [0, 0.05) is 19.1 Å². The molecule has 0 N–H and O–H groups in total. The van der Waals surface area contributed by atoms with Gasteiger partial charge in [-0.2, -0.15) is 0 Å². The van der Waals surface area contributed by atoms with E-state index in [2.05, 4.69) is 0 Å². The maximum Gasteiger partial charge on any atom is 0.175 e. The van der Waals surface area contributed by atoms with E-state index in [9.17, 15) is 17.6 Å². The fraction of sp³-hybridized carbons (Fsp3) is 0.500. The fourth-order valence-corrected chi connectivity index (χ4v) is 2.84. The minimum atomic E-state index is -3.42. The van der Waals surface area contributed by atoms with Crippen molar-refractivity contribution in [1.82, 2.24) is 0 Å². The molecule has 0 amide bonds. The molecule has 1 saturated carbocycles. The highest BCUT2D eigenvalue weighted by atomic mass is 32.2. The zero-order valence-electron chi connectivity index (χ0n) is 11.3. The second kappa shape index (κ2) is 5.91. The number of sulfone groups is 1. The van der Waals surface area contributed by atoms with E-state index >= 15 is 0 Å². The lowest BCUT2D eigenvalue weighted by Gasteiger charge is -2.21. The van der Waals surface area contributed by atoms with Crippen molar-refractivity contribution in [1.29, 1.82) is 0 Å². The molecule has 4 nitrogen and oxygen atoms in total. The SMILES string of the molecule is CS(=O)(=O)c1ccc(OCC2CCC(=O)CC2)c(F)c1. The molecule has 1 aliphatic rings. The van der Waals surface area contributed by atoms with Crippen LogP contribution in [-0.2, 0) is 14.6 Å². The summed E-state index contributed by atoms with van der Waals surface area (Å²) >= 11 is 0. The third-order valence-electron chi connectivity index (χ3n) is 3.47. The Balaban J connectivity index is 1.98. The molecule has 0 radical (unpaired) electrons. The molecule has 20 heavy (non-hydrogen) atoms. The number of carbonyl (C=O) groups is 1. The summed E-state index contributed by atoms with van der Waals surface area (Å²) in [6.07, 6.45) is 3.68. The Bertz CT molecular complexity index is 600. The molecule has 1 aromatic carbocycles. The average Bonchev–Trinajstić information content (AvgIpc) is 2.38. The number of Topliss-reactive ketones (excluding diaryl/α,β-unsaturated/α-hetero) is 1. The fourth-order valence-electron chi connectivity index (χ4n) is 2.20. The summed E-state index contributed by atoms with van der Waals surface area (Å²) in [5.41, 5.74) is 0. The second-order valence-electron chi connectivity index (χ2n) is 5.16. The average molecular weight is 300 g/mol. The molecule has 6 heteroatoms. The first-order valence-corrected chi connectivity index (χ1v) is 8.39. The first kappa shape index (κ1) is 15.0. The maximum absolute atomic E-state index is 13.8. The van der Waals surface area contributed by atoms with E-state index in [-0.39, 0.29) is 22.3 Å². The Morgan fingerprint density at radius 2 is 1.95 bits per heavy atom. The summed E-state index contributed by atoms with van der Waals surface area (Å²) in [4.78, 5) is 11.0. The highest BCUT2D eigenvalue weighted by Gasteiger charge is 2.20. The number of ketones is 1. The van der Waals surface area contributed by atoms with E-state index in [0.717, 1.165) is 25.2 Å². The van der Waals surface area contributed by atoms with E-state index < -0.39 is 15.7 Å². The molecule has 0 aromatic heterocycles. The summed E-state index contributed by atoms with van der Waals surface area (Å²) in [7, 11) is -3.42. The quantitative estimate of drug-likeness (QED) is 0.856. The van der Waals surface area contributed by atoms with Crippen LogP contribution in [0.3, 0.4) is 0 Å². The number of rotatable bonds is 4.